The van der Waals surface area contributed by atoms with Crippen LogP contribution in [-0.2, 0) is 16.1 Å². The van der Waals surface area contributed by atoms with Crippen molar-refractivity contribution in [2.24, 2.45) is 0 Å². The second kappa shape index (κ2) is 8.70. The molecule has 2 N–H and O–H groups in total. The highest BCUT2D eigenvalue weighted by Crippen LogP contribution is 2.11. The summed E-state index contributed by atoms with van der Waals surface area (Å²) in [5.74, 6) is 0.947. The fourth-order valence-electron chi connectivity index (χ4n) is 1.96. The maximum atomic E-state index is 11.1. The summed E-state index contributed by atoms with van der Waals surface area (Å²) >= 11 is 3.40. The zero-order valence-corrected chi connectivity index (χ0v) is 15.4. The van der Waals surface area contributed by atoms with Gasteiger partial charge in [0, 0.05) is 17.4 Å². The highest BCUT2D eigenvalue weighted by molar-refractivity contribution is 9.10. The summed E-state index contributed by atoms with van der Waals surface area (Å²) < 4.78 is 6.74. The lowest BCUT2D eigenvalue weighted by Crippen LogP contribution is -2.24. The van der Waals surface area contributed by atoms with E-state index in [-0.39, 0.29) is 17.9 Å². The van der Waals surface area contributed by atoms with E-state index in [9.17, 15) is 4.79 Å². The number of ether oxygens (including phenoxy) is 1. The van der Waals surface area contributed by atoms with Crippen LogP contribution < -0.4 is 10.6 Å². The van der Waals surface area contributed by atoms with Gasteiger partial charge in [0.25, 0.3) is 0 Å². The Labute approximate surface area is 149 Å². The van der Waals surface area contributed by atoms with Gasteiger partial charge in [0.15, 0.2) is 0 Å². The Balaban J connectivity index is 1.85. The predicted octanol–water partition coefficient (Wildman–Crippen LogP) is 2.92. The lowest BCUT2D eigenvalue weighted by Gasteiger charge is -2.15. The predicted molar refractivity (Wildman–Crippen MR) is 95.8 cm³/mol. The molecule has 0 bridgehead atoms. The molecule has 1 aromatic carbocycles. The van der Waals surface area contributed by atoms with Crippen molar-refractivity contribution in [3.05, 3.63) is 40.1 Å². The number of rotatable bonds is 7. The Morgan fingerprint density at radius 3 is 2.54 bits per heavy atom. The Kier molecular flexibility index (Phi) is 6.62. The normalized spacial score (nSPS) is 11.8. The fraction of sp³-hybridized carbons (Fsp3) is 0.375. The van der Waals surface area contributed by atoms with Gasteiger partial charge < -0.3 is 10.1 Å². The van der Waals surface area contributed by atoms with Crippen LogP contribution in [0.5, 0.6) is 0 Å². The van der Waals surface area contributed by atoms with Crippen molar-refractivity contribution in [2.45, 2.75) is 33.4 Å². The quantitative estimate of drug-likeness (QED) is 0.751. The van der Waals surface area contributed by atoms with Crippen LogP contribution in [0, 0.1) is 6.92 Å². The van der Waals surface area contributed by atoms with Crippen LogP contribution >= 0.6 is 15.9 Å². The minimum Gasteiger partial charge on any atom is -0.375 e. The van der Waals surface area contributed by atoms with Crippen LogP contribution in [0.15, 0.2) is 28.7 Å². The molecule has 2 aromatic rings. The molecule has 7 nitrogen and oxygen atoms in total. The third-order valence-corrected chi connectivity index (χ3v) is 3.49. The number of aromatic nitrogens is 3. The summed E-state index contributed by atoms with van der Waals surface area (Å²) in [6, 6.07) is 8.00. The van der Waals surface area contributed by atoms with Crippen molar-refractivity contribution in [3.8, 4) is 0 Å². The van der Waals surface area contributed by atoms with E-state index in [1.807, 2.05) is 31.2 Å². The van der Waals surface area contributed by atoms with Crippen LogP contribution in [0.3, 0.4) is 0 Å². The molecule has 0 aliphatic carbocycles. The number of hydrogen-bond acceptors (Lipinski definition) is 6. The molecule has 24 heavy (non-hydrogen) atoms. The number of amides is 1. The zero-order valence-electron chi connectivity index (χ0n) is 13.8. The number of benzene rings is 1. The van der Waals surface area contributed by atoms with Crippen molar-refractivity contribution < 1.29 is 9.53 Å². The third kappa shape index (κ3) is 6.21. The topological polar surface area (TPSA) is 89.0 Å². The van der Waals surface area contributed by atoms with E-state index in [1.165, 1.54) is 6.92 Å². The highest BCUT2D eigenvalue weighted by atomic mass is 79.9. The fourth-order valence-corrected chi connectivity index (χ4v) is 2.22. The van der Waals surface area contributed by atoms with E-state index in [0.717, 1.165) is 10.0 Å². The second-order valence-electron chi connectivity index (χ2n) is 5.40. The number of carbonyl (C=O) groups is 1. The van der Waals surface area contributed by atoms with E-state index >= 15 is 0 Å². The summed E-state index contributed by atoms with van der Waals surface area (Å²) in [6.45, 7) is 6.15. The van der Waals surface area contributed by atoms with E-state index in [0.29, 0.717) is 25.0 Å². The Morgan fingerprint density at radius 2 is 1.88 bits per heavy atom. The molecule has 1 heterocycles. The molecule has 128 valence electrons. The summed E-state index contributed by atoms with van der Waals surface area (Å²) in [5, 5.41) is 5.70. The molecule has 0 fully saturated rings. The molecule has 0 aliphatic rings. The first-order valence-corrected chi connectivity index (χ1v) is 8.30. The zero-order chi connectivity index (χ0) is 17.5. The third-order valence-electron chi connectivity index (χ3n) is 2.96. The molecule has 0 spiro atoms. The van der Waals surface area contributed by atoms with E-state index in [2.05, 4.69) is 41.5 Å². The minimum atomic E-state index is -0.225. The molecule has 8 heteroatoms. The molecular weight excluding hydrogens is 374 g/mol. The van der Waals surface area contributed by atoms with Gasteiger partial charge in [-0.05, 0) is 31.5 Å². The molecule has 0 saturated heterocycles. The first-order valence-electron chi connectivity index (χ1n) is 7.51. The summed E-state index contributed by atoms with van der Waals surface area (Å²) in [5.41, 5.74) is 1.11. The number of carbonyl (C=O) groups excluding carboxylic acids is 1. The van der Waals surface area contributed by atoms with Crippen molar-refractivity contribution in [3.63, 3.8) is 0 Å². The van der Waals surface area contributed by atoms with Crippen LogP contribution in [0.1, 0.15) is 25.2 Å². The van der Waals surface area contributed by atoms with Crippen molar-refractivity contribution in [1.82, 2.24) is 15.0 Å². The van der Waals surface area contributed by atoms with Crippen LogP contribution in [0.4, 0.5) is 11.9 Å². The number of nitrogens with zero attached hydrogens (tertiary/aromatic N) is 3. The monoisotopic (exact) mass is 393 g/mol. The maximum absolute atomic E-state index is 11.1. The molecule has 1 unspecified atom stereocenters. The molecule has 1 atom stereocenters. The van der Waals surface area contributed by atoms with Crippen molar-refractivity contribution in [2.75, 3.05) is 17.2 Å². The summed E-state index contributed by atoms with van der Waals surface area (Å²) in [6.07, 6.45) is 0. The molecule has 1 amide bonds. The Morgan fingerprint density at radius 1 is 1.21 bits per heavy atom. The van der Waals surface area contributed by atoms with Gasteiger partial charge in [-0.1, -0.05) is 28.1 Å². The molecule has 0 saturated carbocycles. The van der Waals surface area contributed by atoms with Crippen LogP contribution in [0.2, 0.25) is 0 Å². The van der Waals surface area contributed by atoms with Gasteiger partial charge in [-0.3, -0.25) is 10.1 Å². The SMILES string of the molecule is CC(=O)Nc1nc(C)nc(NC(C)COCc2ccc(Br)cc2)n1. The average molecular weight is 394 g/mol. The van der Waals surface area contributed by atoms with Gasteiger partial charge >= 0.3 is 0 Å². The average Bonchev–Trinajstić information content (AvgIpc) is 2.48. The smallest absolute Gasteiger partial charge is 0.234 e. The van der Waals surface area contributed by atoms with E-state index < -0.39 is 0 Å². The minimum absolute atomic E-state index is 0.00688. The number of aryl methyl sites for hydroxylation is 1. The first-order chi connectivity index (χ1) is 11.4. The van der Waals surface area contributed by atoms with Gasteiger partial charge in [-0.2, -0.15) is 15.0 Å². The van der Waals surface area contributed by atoms with Crippen LogP contribution in [0.25, 0.3) is 0 Å². The summed E-state index contributed by atoms with van der Waals surface area (Å²) in [7, 11) is 0. The number of anilines is 2. The molecular formula is C16H20BrN5O2. The number of halogens is 1. The molecule has 1 aromatic heterocycles. The van der Waals surface area contributed by atoms with Gasteiger partial charge in [0.1, 0.15) is 5.82 Å². The standard InChI is InChI=1S/C16H20BrN5O2/c1-10(8-24-9-13-4-6-14(17)7-5-13)18-15-19-11(2)20-16(22-15)21-12(3)23/h4-7,10H,8-9H2,1-3H3,(H2,18,19,20,21,22,23). The second-order valence-corrected chi connectivity index (χ2v) is 6.31. The maximum Gasteiger partial charge on any atom is 0.234 e. The molecule has 0 radical (unpaired) electrons. The summed E-state index contributed by atoms with van der Waals surface area (Å²) in [4.78, 5) is 23.5. The molecule has 2 rings (SSSR count). The van der Waals surface area contributed by atoms with E-state index in [4.69, 9.17) is 4.74 Å². The van der Waals surface area contributed by atoms with E-state index in [1.54, 1.807) is 6.92 Å². The van der Waals surface area contributed by atoms with Gasteiger partial charge in [0.2, 0.25) is 17.8 Å². The van der Waals surface area contributed by atoms with Crippen molar-refractivity contribution in [1.29, 1.82) is 0 Å². The van der Waals surface area contributed by atoms with Gasteiger partial charge in [-0.25, -0.2) is 0 Å². The van der Waals surface area contributed by atoms with Gasteiger partial charge in [0.05, 0.1) is 13.2 Å². The van der Waals surface area contributed by atoms with Crippen molar-refractivity contribution >= 4 is 33.7 Å². The largest absolute Gasteiger partial charge is 0.375 e. The number of hydrogen-bond donors (Lipinski definition) is 2. The lowest BCUT2D eigenvalue weighted by atomic mass is 10.2. The van der Waals surface area contributed by atoms with Gasteiger partial charge in [-0.15, -0.1) is 0 Å². The highest BCUT2D eigenvalue weighted by Gasteiger charge is 2.09. The number of nitrogens with one attached hydrogen (secondary N) is 2. The Hall–Kier alpha value is -2.06. The first kappa shape index (κ1) is 18.3. The Bertz CT molecular complexity index is 693. The van der Waals surface area contributed by atoms with Crippen LogP contribution in [-0.4, -0.2) is 33.5 Å². The molecule has 0 aliphatic heterocycles. The lowest BCUT2D eigenvalue weighted by molar-refractivity contribution is -0.114.